The Kier molecular flexibility index (Phi) is 7.38. The fraction of sp³-hybridized carbons (Fsp3) is 0.478. The van der Waals surface area contributed by atoms with Gasteiger partial charge >= 0.3 is 6.18 Å². The molecule has 0 spiro atoms. The third kappa shape index (κ3) is 6.20. The summed E-state index contributed by atoms with van der Waals surface area (Å²) < 4.78 is 85.0. The minimum atomic E-state index is -4.59. The predicted molar refractivity (Wildman–Crippen MR) is 125 cm³/mol. The largest absolute Gasteiger partial charge is 0.492 e. The van der Waals surface area contributed by atoms with E-state index in [0.717, 1.165) is 37.4 Å². The van der Waals surface area contributed by atoms with Crippen molar-refractivity contribution in [3.63, 3.8) is 0 Å². The molecule has 1 aromatic heterocycles. The van der Waals surface area contributed by atoms with Crippen molar-refractivity contribution in [2.24, 2.45) is 5.92 Å². The van der Waals surface area contributed by atoms with Crippen LogP contribution in [0.15, 0.2) is 24.4 Å². The highest BCUT2D eigenvalue weighted by Gasteiger charge is 2.35. The van der Waals surface area contributed by atoms with Crippen LogP contribution >= 0.6 is 11.6 Å². The van der Waals surface area contributed by atoms with Gasteiger partial charge in [-0.25, -0.2) is 22.5 Å². The molecule has 2 fully saturated rings. The maximum atomic E-state index is 14.7. The van der Waals surface area contributed by atoms with Crippen molar-refractivity contribution in [3.05, 3.63) is 51.9 Å². The highest BCUT2D eigenvalue weighted by atomic mass is 35.5. The van der Waals surface area contributed by atoms with E-state index in [1.165, 1.54) is 0 Å². The molecular weight excluding hydrogens is 526 g/mol. The zero-order chi connectivity index (χ0) is 26.3. The van der Waals surface area contributed by atoms with Crippen molar-refractivity contribution in [2.45, 2.75) is 37.8 Å². The van der Waals surface area contributed by atoms with Crippen LogP contribution in [0, 0.1) is 11.7 Å². The van der Waals surface area contributed by atoms with Crippen molar-refractivity contribution in [1.82, 2.24) is 9.71 Å². The number of carbonyl (C=O) groups excluding carboxylic acids is 1. The SMILES string of the molecule is CS(=O)(=O)NC(=O)c1c(F)ccc(C2CC2)c1OCC1CCN(c2cc(C(F)(F)F)c(Cl)cn2)CC1. The zero-order valence-electron chi connectivity index (χ0n) is 19.2. The van der Waals surface area contributed by atoms with Gasteiger partial charge in [0.25, 0.3) is 5.91 Å². The minimum absolute atomic E-state index is 0.0169. The number of anilines is 1. The summed E-state index contributed by atoms with van der Waals surface area (Å²) in [5, 5.41) is -0.466. The number of ether oxygens (including phenoxy) is 1. The Morgan fingerprint density at radius 3 is 2.47 bits per heavy atom. The number of nitrogens with zero attached hydrogens (tertiary/aromatic N) is 2. The van der Waals surface area contributed by atoms with Gasteiger partial charge in [0.15, 0.2) is 0 Å². The molecule has 0 bridgehead atoms. The van der Waals surface area contributed by atoms with Crippen LogP contribution in [0.25, 0.3) is 0 Å². The van der Waals surface area contributed by atoms with E-state index < -0.39 is 44.1 Å². The highest BCUT2D eigenvalue weighted by molar-refractivity contribution is 7.89. The van der Waals surface area contributed by atoms with E-state index >= 15 is 0 Å². The molecule has 1 amide bonds. The predicted octanol–water partition coefficient (Wildman–Crippen LogP) is 4.76. The molecule has 0 unspecified atom stereocenters. The lowest BCUT2D eigenvalue weighted by atomic mass is 9.97. The number of piperidine rings is 1. The van der Waals surface area contributed by atoms with Crippen molar-refractivity contribution in [1.29, 1.82) is 0 Å². The van der Waals surface area contributed by atoms with Gasteiger partial charge < -0.3 is 9.64 Å². The van der Waals surface area contributed by atoms with E-state index in [1.807, 2.05) is 0 Å². The number of hydrogen-bond donors (Lipinski definition) is 1. The Balaban J connectivity index is 1.46. The summed E-state index contributed by atoms with van der Waals surface area (Å²) in [5.74, 6) is -1.69. The normalized spacial score (nSPS) is 17.2. The van der Waals surface area contributed by atoms with E-state index in [1.54, 1.807) is 15.7 Å². The van der Waals surface area contributed by atoms with Crippen LogP contribution in [0.1, 0.15) is 53.1 Å². The van der Waals surface area contributed by atoms with Crippen LogP contribution in [-0.4, -0.2) is 45.3 Å². The van der Waals surface area contributed by atoms with Gasteiger partial charge in [-0.15, -0.1) is 0 Å². The molecule has 1 N–H and O–H groups in total. The molecule has 36 heavy (non-hydrogen) atoms. The third-order valence-corrected chi connectivity index (χ3v) is 7.07. The minimum Gasteiger partial charge on any atom is -0.492 e. The van der Waals surface area contributed by atoms with Crippen molar-refractivity contribution >= 4 is 33.3 Å². The zero-order valence-corrected chi connectivity index (χ0v) is 20.8. The average molecular weight is 550 g/mol. The second kappa shape index (κ2) is 10.0. The number of sulfonamides is 1. The number of halogens is 5. The molecule has 1 aromatic carbocycles. The summed E-state index contributed by atoms with van der Waals surface area (Å²) in [7, 11) is -3.92. The molecule has 4 rings (SSSR count). The lowest BCUT2D eigenvalue weighted by Gasteiger charge is -2.33. The van der Waals surface area contributed by atoms with Gasteiger partial charge in [0.2, 0.25) is 10.0 Å². The van der Waals surface area contributed by atoms with Gasteiger partial charge in [-0.1, -0.05) is 17.7 Å². The Hall–Kier alpha value is -2.60. The third-order valence-electron chi connectivity index (χ3n) is 6.21. The quantitative estimate of drug-likeness (QED) is 0.501. The Bertz CT molecular complexity index is 1260. The summed E-state index contributed by atoms with van der Waals surface area (Å²) >= 11 is 5.66. The average Bonchev–Trinajstić information content (AvgIpc) is 3.61. The molecule has 1 saturated carbocycles. The molecule has 0 atom stereocenters. The lowest BCUT2D eigenvalue weighted by Crippen LogP contribution is -2.36. The molecule has 13 heteroatoms. The first-order valence-corrected chi connectivity index (χ1v) is 13.6. The Morgan fingerprint density at radius 2 is 1.89 bits per heavy atom. The molecule has 1 saturated heterocycles. The topological polar surface area (TPSA) is 88.6 Å². The van der Waals surface area contributed by atoms with Gasteiger partial charge in [-0.2, -0.15) is 13.2 Å². The fourth-order valence-corrected chi connectivity index (χ4v) is 4.87. The summed E-state index contributed by atoms with van der Waals surface area (Å²) in [6.45, 7) is 0.970. The van der Waals surface area contributed by atoms with Crippen LogP contribution in [0.2, 0.25) is 5.02 Å². The fourth-order valence-electron chi connectivity index (χ4n) is 4.22. The maximum Gasteiger partial charge on any atom is 0.418 e. The number of rotatable bonds is 7. The summed E-state index contributed by atoms with van der Waals surface area (Å²) in [6, 6.07) is 3.61. The summed E-state index contributed by atoms with van der Waals surface area (Å²) in [6.07, 6.45) is 0.0148. The standard InChI is InChI=1S/C23H24ClF4N3O4S/c1-36(33,34)30-22(32)20-18(25)5-4-15(14-2-3-14)21(20)35-12-13-6-8-31(9-7-13)19-10-16(23(26,27)28)17(24)11-29-19/h4-5,10-11,13-14H,2-3,6-9,12H2,1H3,(H,30,32). The molecule has 1 aliphatic heterocycles. The van der Waals surface area contributed by atoms with Crippen LogP contribution in [0.3, 0.4) is 0 Å². The van der Waals surface area contributed by atoms with Crippen molar-refractivity contribution in [2.75, 3.05) is 30.9 Å². The summed E-state index contributed by atoms with van der Waals surface area (Å²) in [4.78, 5) is 18.3. The van der Waals surface area contributed by atoms with Gasteiger partial charge in [-0.3, -0.25) is 4.79 Å². The Labute approximate surface area is 210 Å². The molecule has 196 valence electrons. The summed E-state index contributed by atoms with van der Waals surface area (Å²) in [5.41, 5.74) is -0.747. The van der Waals surface area contributed by atoms with Gasteiger partial charge in [-0.05, 0) is 55.2 Å². The number of carbonyl (C=O) groups is 1. The molecule has 2 heterocycles. The van der Waals surface area contributed by atoms with Crippen LogP contribution < -0.4 is 14.4 Å². The number of pyridine rings is 1. The number of amides is 1. The monoisotopic (exact) mass is 549 g/mol. The van der Waals surface area contributed by atoms with Gasteiger partial charge in [0, 0.05) is 19.3 Å². The van der Waals surface area contributed by atoms with E-state index in [-0.39, 0.29) is 30.0 Å². The van der Waals surface area contributed by atoms with Crippen LogP contribution in [0.5, 0.6) is 5.75 Å². The highest BCUT2D eigenvalue weighted by Crippen LogP contribution is 2.46. The molecule has 2 aliphatic rings. The van der Waals surface area contributed by atoms with E-state index in [2.05, 4.69) is 4.98 Å². The van der Waals surface area contributed by atoms with Crippen molar-refractivity contribution < 1.29 is 35.5 Å². The van der Waals surface area contributed by atoms with Gasteiger partial charge in [0.05, 0.1) is 23.4 Å². The molecule has 1 aliphatic carbocycles. The second-order valence-corrected chi connectivity index (χ2v) is 11.2. The molecular formula is C23H24ClF4N3O4S. The number of aromatic nitrogens is 1. The van der Waals surface area contributed by atoms with Crippen molar-refractivity contribution in [3.8, 4) is 5.75 Å². The lowest BCUT2D eigenvalue weighted by molar-refractivity contribution is -0.137. The first kappa shape index (κ1) is 26.5. The first-order valence-electron chi connectivity index (χ1n) is 11.3. The van der Waals surface area contributed by atoms with Gasteiger partial charge in [0.1, 0.15) is 22.9 Å². The maximum absolute atomic E-state index is 14.7. The number of hydrogen-bond acceptors (Lipinski definition) is 6. The van der Waals surface area contributed by atoms with Crippen LogP contribution in [-0.2, 0) is 16.2 Å². The van der Waals surface area contributed by atoms with Crippen LogP contribution in [0.4, 0.5) is 23.4 Å². The smallest absolute Gasteiger partial charge is 0.418 e. The number of nitrogens with one attached hydrogen (secondary N) is 1. The number of benzene rings is 1. The van der Waals surface area contributed by atoms with E-state index in [9.17, 15) is 30.8 Å². The Morgan fingerprint density at radius 1 is 1.22 bits per heavy atom. The molecule has 7 nitrogen and oxygen atoms in total. The molecule has 0 radical (unpaired) electrons. The first-order chi connectivity index (χ1) is 16.8. The van der Waals surface area contributed by atoms with E-state index in [4.69, 9.17) is 16.3 Å². The number of alkyl halides is 3. The molecule has 2 aromatic rings. The van der Waals surface area contributed by atoms with E-state index in [0.29, 0.717) is 31.5 Å². The second-order valence-electron chi connectivity index (χ2n) is 9.08.